The largest absolute Gasteiger partial charge is 0.369 e. The van der Waals surface area contributed by atoms with Crippen molar-refractivity contribution >= 4 is 5.91 Å². The monoisotopic (exact) mass is 183 g/mol. The summed E-state index contributed by atoms with van der Waals surface area (Å²) in [4.78, 5) is 13.1. The van der Waals surface area contributed by atoms with Gasteiger partial charge in [0.25, 0.3) is 5.91 Å². The zero-order valence-electron chi connectivity index (χ0n) is 8.50. The van der Waals surface area contributed by atoms with Gasteiger partial charge in [-0.05, 0) is 25.8 Å². The summed E-state index contributed by atoms with van der Waals surface area (Å²) in [5, 5.41) is 9.67. The van der Waals surface area contributed by atoms with Gasteiger partial charge in [0, 0.05) is 12.1 Å². The second-order valence-corrected chi connectivity index (χ2v) is 3.53. The lowest BCUT2D eigenvalue weighted by atomic mass is 10.2. The van der Waals surface area contributed by atoms with E-state index >= 15 is 0 Å². The van der Waals surface area contributed by atoms with Gasteiger partial charge in [-0.2, -0.15) is 0 Å². The summed E-state index contributed by atoms with van der Waals surface area (Å²) in [7, 11) is 0. The van der Waals surface area contributed by atoms with E-state index in [4.69, 9.17) is 0 Å². The summed E-state index contributed by atoms with van der Waals surface area (Å²) < 4.78 is 0. The highest BCUT2D eigenvalue weighted by Gasteiger charge is 2.32. The molecule has 0 aromatic rings. The van der Waals surface area contributed by atoms with Gasteiger partial charge in [0.05, 0.1) is 0 Å². The first-order chi connectivity index (χ1) is 6.09. The standard InChI is InChI=1S/C10H17NO2/c1-4-5-6-11-9(12)7(2)8(3)10(11)13/h9,12H,4-6H2,1-3H3/t9-/m1/s1. The molecular weight excluding hydrogens is 166 g/mol. The molecule has 1 atom stereocenters. The van der Waals surface area contributed by atoms with Crippen LogP contribution < -0.4 is 0 Å². The molecule has 1 aliphatic rings. The van der Waals surface area contributed by atoms with Crippen LogP contribution in [0.5, 0.6) is 0 Å². The summed E-state index contributed by atoms with van der Waals surface area (Å²) in [6, 6.07) is 0. The average Bonchev–Trinajstić information content (AvgIpc) is 2.30. The number of nitrogens with zero attached hydrogens (tertiary/aromatic N) is 1. The molecule has 1 N–H and O–H groups in total. The van der Waals surface area contributed by atoms with Crippen LogP contribution >= 0.6 is 0 Å². The molecule has 0 saturated heterocycles. The number of amides is 1. The van der Waals surface area contributed by atoms with E-state index in [0.717, 1.165) is 18.4 Å². The predicted molar refractivity (Wildman–Crippen MR) is 51.0 cm³/mol. The van der Waals surface area contributed by atoms with Gasteiger partial charge < -0.3 is 10.0 Å². The Labute approximate surface area is 79.0 Å². The molecule has 0 spiro atoms. The predicted octanol–water partition coefficient (Wildman–Crippen LogP) is 1.28. The van der Waals surface area contributed by atoms with E-state index in [0.29, 0.717) is 12.1 Å². The fraction of sp³-hybridized carbons (Fsp3) is 0.700. The number of unbranched alkanes of at least 4 members (excludes halogenated alkanes) is 1. The minimum Gasteiger partial charge on any atom is -0.369 e. The van der Waals surface area contributed by atoms with E-state index in [1.165, 1.54) is 4.90 Å². The molecular formula is C10H17NO2. The molecule has 0 radical (unpaired) electrons. The zero-order chi connectivity index (χ0) is 10.0. The summed E-state index contributed by atoms with van der Waals surface area (Å²) in [6.07, 6.45) is 1.30. The van der Waals surface area contributed by atoms with Crippen LogP contribution in [0.15, 0.2) is 11.1 Å². The molecule has 74 valence electrons. The fourth-order valence-corrected chi connectivity index (χ4v) is 1.47. The number of aliphatic hydroxyl groups is 1. The maximum Gasteiger partial charge on any atom is 0.251 e. The van der Waals surface area contributed by atoms with E-state index in [1.54, 1.807) is 6.92 Å². The van der Waals surface area contributed by atoms with Crippen molar-refractivity contribution in [3.8, 4) is 0 Å². The molecule has 0 aromatic carbocycles. The molecule has 0 unspecified atom stereocenters. The van der Waals surface area contributed by atoms with Crippen LogP contribution in [-0.2, 0) is 4.79 Å². The lowest BCUT2D eigenvalue weighted by Gasteiger charge is -2.21. The van der Waals surface area contributed by atoms with Crippen molar-refractivity contribution in [2.75, 3.05) is 6.54 Å². The summed E-state index contributed by atoms with van der Waals surface area (Å²) in [6.45, 7) is 6.31. The molecule has 3 heteroatoms. The van der Waals surface area contributed by atoms with Gasteiger partial charge in [0.15, 0.2) is 6.23 Å². The number of aliphatic hydroxyl groups excluding tert-OH is 1. The van der Waals surface area contributed by atoms with Gasteiger partial charge in [-0.3, -0.25) is 4.79 Å². The molecule has 0 bridgehead atoms. The Morgan fingerprint density at radius 1 is 1.46 bits per heavy atom. The van der Waals surface area contributed by atoms with Crippen LogP contribution in [0.4, 0.5) is 0 Å². The second kappa shape index (κ2) is 3.92. The van der Waals surface area contributed by atoms with Gasteiger partial charge in [0.1, 0.15) is 0 Å². The minimum atomic E-state index is -0.681. The summed E-state index contributed by atoms with van der Waals surface area (Å²) >= 11 is 0. The second-order valence-electron chi connectivity index (χ2n) is 3.53. The lowest BCUT2D eigenvalue weighted by Crippen LogP contribution is -2.35. The van der Waals surface area contributed by atoms with E-state index in [1.807, 2.05) is 6.92 Å². The van der Waals surface area contributed by atoms with Crippen molar-refractivity contribution in [1.29, 1.82) is 0 Å². The highest BCUT2D eigenvalue weighted by Crippen LogP contribution is 2.23. The van der Waals surface area contributed by atoms with E-state index in [-0.39, 0.29) is 5.91 Å². The number of carbonyl (C=O) groups excluding carboxylic acids is 1. The normalized spacial score (nSPS) is 23.2. The Hall–Kier alpha value is -0.830. The topological polar surface area (TPSA) is 40.5 Å². The fourth-order valence-electron chi connectivity index (χ4n) is 1.47. The molecule has 1 rings (SSSR count). The third-order valence-electron chi connectivity index (χ3n) is 2.61. The van der Waals surface area contributed by atoms with Gasteiger partial charge in [-0.1, -0.05) is 13.3 Å². The van der Waals surface area contributed by atoms with Gasteiger partial charge in [-0.15, -0.1) is 0 Å². The van der Waals surface area contributed by atoms with Crippen LogP contribution in [-0.4, -0.2) is 28.7 Å². The highest BCUT2D eigenvalue weighted by atomic mass is 16.3. The first-order valence-electron chi connectivity index (χ1n) is 4.76. The molecule has 1 amide bonds. The first-order valence-corrected chi connectivity index (χ1v) is 4.76. The van der Waals surface area contributed by atoms with E-state index in [2.05, 4.69) is 6.92 Å². The average molecular weight is 183 g/mol. The first kappa shape index (κ1) is 10.3. The van der Waals surface area contributed by atoms with E-state index in [9.17, 15) is 9.90 Å². The Balaban J connectivity index is 2.67. The molecule has 1 aliphatic heterocycles. The SMILES string of the molecule is CCCCN1C(=O)C(C)=C(C)[C@H]1O. The zero-order valence-corrected chi connectivity index (χ0v) is 8.50. The van der Waals surface area contributed by atoms with Crippen molar-refractivity contribution in [3.05, 3.63) is 11.1 Å². The maximum absolute atomic E-state index is 11.5. The summed E-state index contributed by atoms with van der Waals surface area (Å²) in [5.74, 6) is -0.0153. The molecule has 0 aliphatic carbocycles. The third-order valence-corrected chi connectivity index (χ3v) is 2.61. The van der Waals surface area contributed by atoms with Crippen molar-refractivity contribution in [3.63, 3.8) is 0 Å². The smallest absolute Gasteiger partial charge is 0.251 e. The van der Waals surface area contributed by atoms with Gasteiger partial charge >= 0.3 is 0 Å². The Morgan fingerprint density at radius 2 is 2.08 bits per heavy atom. The van der Waals surface area contributed by atoms with Crippen LogP contribution in [0.1, 0.15) is 33.6 Å². The van der Waals surface area contributed by atoms with Crippen LogP contribution in [0.25, 0.3) is 0 Å². The van der Waals surface area contributed by atoms with Crippen molar-refractivity contribution in [2.24, 2.45) is 0 Å². The van der Waals surface area contributed by atoms with Crippen LogP contribution in [0.3, 0.4) is 0 Å². The number of rotatable bonds is 3. The van der Waals surface area contributed by atoms with E-state index < -0.39 is 6.23 Å². The number of hydrogen-bond donors (Lipinski definition) is 1. The van der Waals surface area contributed by atoms with Crippen molar-refractivity contribution in [1.82, 2.24) is 4.90 Å². The van der Waals surface area contributed by atoms with Crippen LogP contribution in [0.2, 0.25) is 0 Å². The quantitative estimate of drug-likeness (QED) is 0.716. The van der Waals surface area contributed by atoms with Crippen molar-refractivity contribution in [2.45, 2.75) is 39.8 Å². The van der Waals surface area contributed by atoms with Gasteiger partial charge in [0.2, 0.25) is 0 Å². The van der Waals surface area contributed by atoms with Gasteiger partial charge in [-0.25, -0.2) is 0 Å². The lowest BCUT2D eigenvalue weighted by molar-refractivity contribution is -0.131. The van der Waals surface area contributed by atoms with Crippen LogP contribution in [0, 0.1) is 0 Å². The molecule has 0 aromatic heterocycles. The maximum atomic E-state index is 11.5. The Morgan fingerprint density at radius 3 is 2.46 bits per heavy atom. The van der Waals surface area contributed by atoms with Crippen molar-refractivity contribution < 1.29 is 9.90 Å². The Bertz CT molecular complexity index is 245. The number of hydrogen-bond acceptors (Lipinski definition) is 2. The summed E-state index contributed by atoms with van der Waals surface area (Å²) in [5.41, 5.74) is 1.49. The third kappa shape index (κ3) is 1.75. The molecule has 1 heterocycles. The molecule has 3 nitrogen and oxygen atoms in total. The Kier molecular flexibility index (Phi) is 3.09. The molecule has 0 fully saturated rings. The highest BCUT2D eigenvalue weighted by molar-refractivity contribution is 5.96. The minimum absolute atomic E-state index is 0.0153. The molecule has 13 heavy (non-hydrogen) atoms. The molecule has 0 saturated carbocycles. The number of carbonyl (C=O) groups is 1.